The van der Waals surface area contributed by atoms with Crippen LogP contribution in [-0.4, -0.2) is 41.6 Å². The molecule has 0 fully saturated rings. The summed E-state index contributed by atoms with van der Waals surface area (Å²) in [7, 11) is 2.07. The number of anilines is 1. The fourth-order valence-corrected chi connectivity index (χ4v) is 3.68. The zero-order valence-electron chi connectivity index (χ0n) is 14.3. The lowest BCUT2D eigenvalue weighted by Crippen LogP contribution is -2.61. The van der Waals surface area contributed by atoms with E-state index in [-0.39, 0.29) is 5.54 Å². The maximum absolute atomic E-state index is 5.82. The lowest BCUT2D eigenvalue weighted by atomic mass is 9.79. The molecule has 0 spiro atoms. The van der Waals surface area contributed by atoms with Crippen LogP contribution in [0.4, 0.5) is 5.82 Å². The highest BCUT2D eigenvalue weighted by Gasteiger charge is 2.38. The molecule has 0 amide bonds. The Labute approximate surface area is 130 Å². The van der Waals surface area contributed by atoms with E-state index < -0.39 is 0 Å². The average molecular weight is 292 g/mol. The number of likely N-dealkylation sites (N-methyl/N-ethyl adjacent to an activating group) is 2. The van der Waals surface area contributed by atoms with Crippen LogP contribution in [0.5, 0.6) is 0 Å². The summed E-state index contributed by atoms with van der Waals surface area (Å²) in [6.45, 7) is 11.3. The van der Waals surface area contributed by atoms with Gasteiger partial charge in [-0.2, -0.15) is 0 Å². The van der Waals surface area contributed by atoms with Crippen LogP contribution in [0.25, 0.3) is 0 Å². The van der Waals surface area contributed by atoms with Crippen LogP contribution in [0, 0.1) is 0 Å². The zero-order chi connectivity index (χ0) is 15.9. The van der Waals surface area contributed by atoms with Crippen LogP contribution >= 0.6 is 0 Å². The second-order valence-electron chi connectivity index (χ2n) is 5.62. The van der Waals surface area contributed by atoms with Crippen molar-refractivity contribution in [3.8, 4) is 0 Å². The molecule has 21 heavy (non-hydrogen) atoms. The predicted molar refractivity (Wildman–Crippen MR) is 91.4 cm³/mol. The predicted octanol–water partition coefficient (Wildman–Crippen LogP) is 2.69. The number of hydrogen-bond donors (Lipinski definition) is 2. The second kappa shape index (κ2) is 8.35. The minimum Gasteiger partial charge on any atom is -0.384 e. The Morgan fingerprint density at radius 2 is 1.86 bits per heavy atom. The Kier molecular flexibility index (Phi) is 7.12. The van der Waals surface area contributed by atoms with Gasteiger partial charge >= 0.3 is 0 Å². The van der Waals surface area contributed by atoms with E-state index in [9.17, 15) is 0 Å². The lowest BCUT2D eigenvalue weighted by Gasteiger charge is -2.48. The van der Waals surface area contributed by atoms with Crippen molar-refractivity contribution in [2.45, 2.75) is 58.5 Å². The first-order chi connectivity index (χ1) is 10.1. The fraction of sp³-hybridized carbons (Fsp3) is 0.706. The van der Waals surface area contributed by atoms with Crippen molar-refractivity contribution >= 4 is 5.82 Å². The van der Waals surface area contributed by atoms with E-state index in [0.29, 0.717) is 11.9 Å². The smallest absolute Gasteiger partial charge is 0.123 e. The van der Waals surface area contributed by atoms with Crippen molar-refractivity contribution in [2.24, 2.45) is 0 Å². The molecule has 0 aliphatic carbocycles. The van der Waals surface area contributed by atoms with E-state index in [0.717, 1.165) is 32.4 Å². The molecule has 0 aromatic carbocycles. The van der Waals surface area contributed by atoms with Gasteiger partial charge in [-0.05, 0) is 57.1 Å². The average Bonchev–Trinajstić information content (AvgIpc) is 2.51. The molecule has 1 aromatic rings. The molecule has 0 aliphatic rings. The highest BCUT2D eigenvalue weighted by atomic mass is 15.2. The van der Waals surface area contributed by atoms with Crippen LogP contribution in [-0.2, 0) is 6.42 Å². The van der Waals surface area contributed by atoms with Gasteiger partial charge in [0.25, 0.3) is 0 Å². The molecule has 4 heteroatoms. The molecule has 0 bridgehead atoms. The number of nitrogens with zero attached hydrogens (tertiary/aromatic N) is 2. The number of nitrogen functional groups attached to an aromatic ring is 1. The third kappa shape index (κ3) is 3.95. The number of aromatic nitrogens is 1. The Morgan fingerprint density at radius 3 is 2.29 bits per heavy atom. The minimum atomic E-state index is 0.177. The highest BCUT2D eigenvalue weighted by molar-refractivity contribution is 5.32. The first-order valence-electron chi connectivity index (χ1n) is 8.20. The Balaban J connectivity index is 3.07. The maximum Gasteiger partial charge on any atom is 0.123 e. The van der Waals surface area contributed by atoms with Crippen molar-refractivity contribution in [1.82, 2.24) is 15.2 Å². The fourth-order valence-electron chi connectivity index (χ4n) is 3.68. The van der Waals surface area contributed by atoms with Gasteiger partial charge in [-0.1, -0.05) is 27.7 Å². The van der Waals surface area contributed by atoms with Gasteiger partial charge in [-0.25, -0.2) is 4.98 Å². The molecule has 0 saturated carbocycles. The van der Waals surface area contributed by atoms with Crippen molar-refractivity contribution in [2.75, 3.05) is 25.9 Å². The number of nitrogens with two attached hydrogens (primary N) is 1. The molecule has 1 atom stereocenters. The Morgan fingerprint density at radius 1 is 1.24 bits per heavy atom. The van der Waals surface area contributed by atoms with Crippen LogP contribution < -0.4 is 11.1 Å². The van der Waals surface area contributed by atoms with Gasteiger partial charge in [0, 0.05) is 17.8 Å². The maximum atomic E-state index is 5.82. The lowest BCUT2D eigenvalue weighted by molar-refractivity contribution is 0.0519. The summed E-state index contributed by atoms with van der Waals surface area (Å²) in [4.78, 5) is 6.69. The van der Waals surface area contributed by atoms with Crippen LogP contribution in [0.15, 0.2) is 18.3 Å². The van der Waals surface area contributed by atoms with Crippen molar-refractivity contribution in [3.63, 3.8) is 0 Å². The molecule has 3 N–H and O–H groups in total. The van der Waals surface area contributed by atoms with E-state index in [2.05, 4.69) is 56.0 Å². The summed E-state index contributed by atoms with van der Waals surface area (Å²) in [5.74, 6) is 0.601. The zero-order valence-corrected chi connectivity index (χ0v) is 14.3. The molecular formula is C17H32N4. The van der Waals surface area contributed by atoms with Gasteiger partial charge in [-0.3, -0.25) is 4.90 Å². The Hall–Kier alpha value is -1.13. The molecule has 0 aliphatic heterocycles. The number of rotatable bonds is 9. The minimum absolute atomic E-state index is 0.177. The number of nitrogens with one attached hydrogen (secondary N) is 1. The summed E-state index contributed by atoms with van der Waals surface area (Å²) in [6.07, 6.45) is 5.05. The van der Waals surface area contributed by atoms with E-state index in [1.54, 1.807) is 6.20 Å². The summed E-state index contributed by atoms with van der Waals surface area (Å²) in [5, 5.41) is 3.56. The normalized spacial score (nSPS) is 13.6. The Bertz CT molecular complexity index is 411. The van der Waals surface area contributed by atoms with E-state index in [4.69, 9.17) is 5.73 Å². The number of hydrogen-bond acceptors (Lipinski definition) is 4. The molecular weight excluding hydrogens is 260 g/mol. The van der Waals surface area contributed by atoms with Gasteiger partial charge in [0.05, 0.1) is 0 Å². The summed E-state index contributed by atoms with van der Waals surface area (Å²) < 4.78 is 0. The van der Waals surface area contributed by atoms with Crippen LogP contribution in [0.3, 0.4) is 0 Å². The van der Waals surface area contributed by atoms with Gasteiger partial charge in [-0.15, -0.1) is 0 Å². The monoisotopic (exact) mass is 292 g/mol. The largest absolute Gasteiger partial charge is 0.384 e. The number of pyridine rings is 1. The quantitative estimate of drug-likeness (QED) is 0.735. The summed E-state index contributed by atoms with van der Waals surface area (Å²) in [6, 6.07) is 4.45. The topological polar surface area (TPSA) is 54.2 Å². The van der Waals surface area contributed by atoms with Gasteiger partial charge in [0.1, 0.15) is 5.82 Å². The van der Waals surface area contributed by atoms with Gasteiger partial charge in [0.15, 0.2) is 0 Å². The molecule has 1 aromatic heterocycles. The van der Waals surface area contributed by atoms with Crippen LogP contribution in [0.2, 0.25) is 0 Å². The molecule has 4 nitrogen and oxygen atoms in total. The SMILES string of the molecule is CCN(CC)C(CC)(CC)C(Cc1ccnc(N)c1)NC. The molecule has 1 unspecified atom stereocenters. The van der Waals surface area contributed by atoms with E-state index >= 15 is 0 Å². The molecule has 1 rings (SSSR count). The van der Waals surface area contributed by atoms with Crippen LogP contribution in [0.1, 0.15) is 46.1 Å². The highest BCUT2D eigenvalue weighted by Crippen LogP contribution is 2.30. The second-order valence-corrected chi connectivity index (χ2v) is 5.62. The van der Waals surface area contributed by atoms with Crippen molar-refractivity contribution in [1.29, 1.82) is 0 Å². The first kappa shape index (κ1) is 17.9. The van der Waals surface area contributed by atoms with Crippen molar-refractivity contribution in [3.05, 3.63) is 23.9 Å². The molecule has 1 heterocycles. The summed E-state index contributed by atoms with van der Waals surface area (Å²) in [5.41, 5.74) is 7.25. The van der Waals surface area contributed by atoms with E-state index in [1.807, 2.05) is 6.07 Å². The van der Waals surface area contributed by atoms with Gasteiger partial charge in [0.2, 0.25) is 0 Å². The molecule has 0 radical (unpaired) electrons. The molecule has 0 saturated heterocycles. The third-order valence-electron chi connectivity index (χ3n) is 4.90. The standard InChI is InChI=1S/C17H32N4/c1-6-17(7-2,21(8-3)9-4)15(19-5)12-14-10-11-20-16(18)13-14/h10-11,13,15,19H,6-9,12H2,1-5H3,(H2,18,20). The first-order valence-corrected chi connectivity index (χ1v) is 8.20. The summed E-state index contributed by atoms with van der Waals surface area (Å²) >= 11 is 0. The molecule has 120 valence electrons. The van der Waals surface area contributed by atoms with Crippen molar-refractivity contribution < 1.29 is 0 Å². The third-order valence-corrected chi connectivity index (χ3v) is 4.90. The van der Waals surface area contributed by atoms with E-state index in [1.165, 1.54) is 5.56 Å². The van der Waals surface area contributed by atoms with Gasteiger partial charge < -0.3 is 11.1 Å².